The highest BCUT2D eigenvalue weighted by atomic mass is 19.4. The fourth-order valence-corrected chi connectivity index (χ4v) is 3.10. The van der Waals surface area contributed by atoms with Crippen LogP contribution in [-0.2, 0) is 22.9 Å². The first kappa shape index (κ1) is 22.3. The number of anilines is 1. The van der Waals surface area contributed by atoms with Crippen LogP contribution in [0.3, 0.4) is 0 Å². The molecule has 0 aromatic carbocycles. The molecular weight excluding hydrogens is 446 g/mol. The molecule has 172 valence electrons. The monoisotopic (exact) mass is 463 g/mol. The number of nitrogens with one attached hydrogen (secondary N) is 1. The highest BCUT2D eigenvalue weighted by Crippen LogP contribution is 2.28. The van der Waals surface area contributed by atoms with E-state index in [4.69, 9.17) is 0 Å². The molecule has 33 heavy (non-hydrogen) atoms. The lowest BCUT2D eigenvalue weighted by molar-refractivity contribution is -0.144. The van der Waals surface area contributed by atoms with E-state index in [2.05, 4.69) is 25.4 Å². The quantitative estimate of drug-likeness (QED) is 0.468. The molecule has 0 spiro atoms. The Kier molecular flexibility index (Phi) is 5.14. The first-order chi connectivity index (χ1) is 15.3. The number of nitrogens with zero attached hydrogens (tertiary/aromatic N) is 6. The molecule has 0 aliphatic rings. The molecule has 0 unspecified atom stereocenters. The van der Waals surface area contributed by atoms with Gasteiger partial charge in [0, 0.05) is 17.7 Å². The van der Waals surface area contributed by atoms with Gasteiger partial charge in [0.15, 0.2) is 5.65 Å². The fourth-order valence-electron chi connectivity index (χ4n) is 3.10. The third-order valence-electron chi connectivity index (χ3n) is 4.73. The average Bonchev–Trinajstić information content (AvgIpc) is 3.18. The summed E-state index contributed by atoms with van der Waals surface area (Å²) in [6.45, 7) is 5.01. The molecule has 0 radical (unpaired) electrons. The van der Waals surface area contributed by atoms with Gasteiger partial charge in [-0.3, -0.25) is 9.59 Å². The molecule has 0 saturated heterocycles. The third kappa shape index (κ3) is 4.25. The summed E-state index contributed by atoms with van der Waals surface area (Å²) in [5, 5.41) is 6.48. The number of hydrogen-bond acceptors (Lipinski definition) is 6. The van der Waals surface area contributed by atoms with E-state index in [1.807, 2.05) is 20.8 Å². The molecule has 1 N–H and O–H groups in total. The maximum atomic E-state index is 13.3. The Labute approximate surface area is 183 Å². The molecule has 0 fully saturated rings. The SMILES string of the molecule is CC(C)(C)c1cc2n(CC(=O)Nc3ccc(F)cn3)c3nc(C(F)(F)F)ncc3c(=O)n2n1. The Balaban J connectivity index is 1.91. The van der Waals surface area contributed by atoms with Crippen molar-refractivity contribution in [1.82, 2.24) is 29.1 Å². The largest absolute Gasteiger partial charge is 0.451 e. The summed E-state index contributed by atoms with van der Waals surface area (Å²) >= 11 is 0. The number of hydrogen-bond donors (Lipinski definition) is 1. The maximum Gasteiger partial charge on any atom is 0.451 e. The van der Waals surface area contributed by atoms with Crippen molar-refractivity contribution in [3.05, 3.63) is 58.3 Å². The number of fused-ring (bicyclic) bond motifs is 2. The zero-order valence-corrected chi connectivity index (χ0v) is 17.6. The van der Waals surface area contributed by atoms with Crippen LogP contribution in [0.4, 0.5) is 23.4 Å². The topological polar surface area (TPSA) is 107 Å². The van der Waals surface area contributed by atoms with Crippen molar-refractivity contribution in [2.24, 2.45) is 0 Å². The number of amides is 1. The Morgan fingerprint density at radius 1 is 1.12 bits per heavy atom. The van der Waals surface area contributed by atoms with E-state index >= 15 is 0 Å². The van der Waals surface area contributed by atoms with Gasteiger partial charge in [0.1, 0.15) is 29.2 Å². The smallest absolute Gasteiger partial charge is 0.309 e. The molecule has 0 saturated carbocycles. The van der Waals surface area contributed by atoms with Gasteiger partial charge >= 0.3 is 6.18 Å². The van der Waals surface area contributed by atoms with E-state index in [-0.39, 0.29) is 22.5 Å². The van der Waals surface area contributed by atoms with Gasteiger partial charge in [0.25, 0.3) is 5.56 Å². The second kappa shape index (κ2) is 7.60. The van der Waals surface area contributed by atoms with E-state index in [9.17, 15) is 27.2 Å². The Morgan fingerprint density at radius 3 is 2.45 bits per heavy atom. The van der Waals surface area contributed by atoms with Crippen LogP contribution in [0, 0.1) is 5.82 Å². The zero-order chi connectivity index (χ0) is 24.1. The number of rotatable bonds is 3. The van der Waals surface area contributed by atoms with Crippen LogP contribution in [0.5, 0.6) is 0 Å². The van der Waals surface area contributed by atoms with Gasteiger partial charge in [-0.1, -0.05) is 20.8 Å². The molecule has 4 heterocycles. The molecule has 4 aromatic rings. The summed E-state index contributed by atoms with van der Waals surface area (Å²) in [7, 11) is 0. The molecular formula is C20H17F4N7O2. The molecule has 9 nitrogen and oxygen atoms in total. The molecule has 0 bridgehead atoms. The van der Waals surface area contributed by atoms with Crippen molar-refractivity contribution >= 4 is 28.4 Å². The van der Waals surface area contributed by atoms with E-state index in [0.717, 1.165) is 27.5 Å². The van der Waals surface area contributed by atoms with Gasteiger partial charge in [0.05, 0.1) is 11.9 Å². The third-order valence-corrected chi connectivity index (χ3v) is 4.73. The molecule has 0 aliphatic heterocycles. The number of pyridine rings is 1. The van der Waals surface area contributed by atoms with Gasteiger partial charge in [0.2, 0.25) is 11.7 Å². The summed E-state index contributed by atoms with van der Waals surface area (Å²) in [5.74, 6) is -2.71. The molecule has 4 rings (SSSR count). The lowest BCUT2D eigenvalue weighted by Gasteiger charge is -2.13. The first-order valence-corrected chi connectivity index (χ1v) is 9.63. The second-order valence-electron chi connectivity index (χ2n) is 8.28. The number of halogens is 4. The highest BCUT2D eigenvalue weighted by Gasteiger charge is 2.35. The summed E-state index contributed by atoms with van der Waals surface area (Å²) in [4.78, 5) is 36.1. The van der Waals surface area contributed by atoms with Crippen molar-refractivity contribution in [3.63, 3.8) is 0 Å². The molecule has 0 aliphatic carbocycles. The van der Waals surface area contributed by atoms with Crippen LogP contribution in [0.2, 0.25) is 0 Å². The van der Waals surface area contributed by atoms with Gasteiger partial charge in [-0.25, -0.2) is 19.3 Å². The van der Waals surface area contributed by atoms with Crippen molar-refractivity contribution in [2.45, 2.75) is 38.9 Å². The average molecular weight is 463 g/mol. The standard InChI is InChI=1S/C20H17F4N7O2/c1-19(2,3)12-6-15-30(9-14(32)27-13-5-4-10(21)7-25-13)16-11(17(33)31(15)29-12)8-26-18(28-16)20(22,23)24/h4-8H,9H2,1-3H3,(H,25,27,32). The lowest BCUT2D eigenvalue weighted by Crippen LogP contribution is -2.26. The minimum absolute atomic E-state index is 0.0391. The maximum absolute atomic E-state index is 13.3. The van der Waals surface area contributed by atoms with Crippen LogP contribution >= 0.6 is 0 Å². The van der Waals surface area contributed by atoms with Crippen LogP contribution in [0.1, 0.15) is 32.3 Å². The summed E-state index contributed by atoms with van der Waals surface area (Å²) in [5.41, 5.74) is -1.04. The van der Waals surface area contributed by atoms with Crippen LogP contribution in [0.25, 0.3) is 16.7 Å². The molecule has 4 aromatic heterocycles. The zero-order valence-electron chi connectivity index (χ0n) is 17.6. The minimum Gasteiger partial charge on any atom is -0.309 e. The van der Waals surface area contributed by atoms with Gasteiger partial charge in [-0.2, -0.15) is 22.8 Å². The minimum atomic E-state index is -4.86. The molecule has 0 atom stereocenters. The van der Waals surface area contributed by atoms with Crippen LogP contribution < -0.4 is 10.9 Å². The van der Waals surface area contributed by atoms with Crippen LogP contribution in [0.15, 0.2) is 35.4 Å². The van der Waals surface area contributed by atoms with Crippen molar-refractivity contribution in [1.29, 1.82) is 0 Å². The van der Waals surface area contributed by atoms with Gasteiger partial charge in [-0.05, 0) is 12.1 Å². The first-order valence-electron chi connectivity index (χ1n) is 9.63. The number of carbonyl (C=O) groups excluding carboxylic acids is 1. The summed E-state index contributed by atoms with van der Waals surface area (Å²) in [6, 6.07) is 3.83. The van der Waals surface area contributed by atoms with E-state index in [1.165, 1.54) is 12.1 Å². The predicted molar refractivity (Wildman–Crippen MR) is 109 cm³/mol. The van der Waals surface area contributed by atoms with Crippen molar-refractivity contribution < 1.29 is 22.4 Å². The van der Waals surface area contributed by atoms with Crippen LogP contribution in [-0.4, -0.2) is 35.0 Å². The number of alkyl halides is 3. The molecule has 13 heteroatoms. The Bertz CT molecular complexity index is 1430. The number of aromatic nitrogens is 6. The van der Waals surface area contributed by atoms with Gasteiger partial charge < -0.3 is 9.88 Å². The number of carbonyl (C=O) groups is 1. The normalized spacial score (nSPS) is 12.5. The fraction of sp³-hybridized carbons (Fsp3) is 0.300. The van der Waals surface area contributed by atoms with E-state index in [0.29, 0.717) is 5.69 Å². The Hall–Kier alpha value is -3.90. The van der Waals surface area contributed by atoms with Crippen molar-refractivity contribution in [3.8, 4) is 0 Å². The summed E-state index contributed by atoms with van der Waals surface area (Å²) < 4.78 is 55.0. The lowest BCUT2D eigenvalue weighted by atomic mass is 9.93. The Morgan fingerprint density at radius 2 is 1.85 bits per heavy atom. The molecule has 1 amide bonds. The second-order valence-corrected chi connectivity index (χ2v) is 8.28. The predicted octanol–water partition coefficient (Wildman–Crippen LogP) is 2.93. The van der Waals surface area contributed by atoms with Gasteiger partial charge in [-0.15, -0.1) is 0 Å². The summed E-state index contributed by atoms with van der Waals surface area (Å²) in [6.07, 6.45) is -3.20. The van der Waals surface area contributed by atoms with E-state index in [1.54, 1.807) is 0 Å². The van der Waals surface area contributed by atoms with Crippen molar-refractivity contribution in [2.75, 3.05) is 5.32 Å². The highest BCUT2D eigenvalue weighted by molar-refractivity contribution is 5.91. The van der Waals surface area contributed by atoms with E-state index < -0.39 is 41.2 Å².